The first kappa shape index (κ1) is 56.0. The van der Waals surface area contributed by atoms with E-state index in [4.69, 9.17) is 5.73 Å². The topological polar surface area (TPSA) is 345 Å². The van der Waals surface area contributed by atoms with Crippen LogP contribution in [0.15, 0.2) is 0 Å². The van der Waals surface area contributed by atoms with Crippen molar-refractivity contribution in [2.75, 3.05) is 75.5 Å². The molecule has 21 nitrogen and oxygen atoms in total. The van der Waals surface area contributed by atoms with Crippen LogP contribution in [0, 0.1) is 28.1 Å². The summed E-state index contributed by atoms with van der Waals surface area (Å²) < 4.78 is 0.691. The van der Waals surface area contributed by atoms with Gasteiger partial charge in [0.15, 0.2) is 0 Å². The third-order valence-corrected chi connectivity index (χ3v) is 13.3. The number of aliphatic hydroxyl groups excluding tert-OH is 8. The molecule has 6 amide bonds. The molecule has 0 bridgehead atoms. The summed E-state index contributed by atoms with van der Waals surface area (Å²) in [5.41, 5.74) is 6.98. The van der Waals surface area contributed by atoms with Crippen LogP contribution in [0.2, 0.25) is 0 Å². The van der Waals surface area contributed by atoms with Crippen molar-refractivity contribution in [3.63, 3.8) is 0 Å². The molecule has 0 spiro atoms. The van der Waals surface area contributed by atoms with Gasteiger partial charge in [0.05, 0.1) is 95.2 Å². The largest absolute Gasteiger partial charge is 0.394 e. The van der Waals surface area contributed by atoms with E-state index in [1.54, 1.807) is 22.6 Å². The normalized spacial score (nSPS) is 13.6. The third kappa shape index (κ3) is 14.4. The number of amides is 6. The summed E-state index contributed by atoms with van der Waals surface area (Å²) in [5, 5.41) is 86.9. The lowest BCUT2D eigenvalue weighted by Gasteiger charge is -2.33. The number of carbonyl (C=O) groups is 6. The maximum Gasteiger partial charge on any atom is 0.253 e. The smallest absolute Gasteiger partial charge is 0.253 e. The van der Waals surface area contributed by atoms with Gasteiger partial charge in [0.25, 0.3) is 23.6 Å². The predicted molar refractivity (Wildman–Crippen MR) is 259 cm³/mol. The van der Waals surface area contributed by atoms with Crippen LogP contribution in [0.3, 0.4) is 0 Å². The molecule has 2 rings (SSSR count). The molecule has 0 saturated carbocycles. The van der Waals surface area contributed by atoms with Crippen molar-refractivity contribution in [1.29, 1.82) is 0 Å². The van der Waals surface area contributed by atoms with E-state index < -0.39 is 92.3 Å². The number of rotatable bonds is 22. The molecule has 0 radical (unpaired) electrons. The van der Waals surface area contributed by atoms with E-state index in [1.165, 1.54) is 37.5 Å². The molecular weight excluding hydrogens is 1270 g/mol. The number of carbonyl (C=O) groups excluding carboxylic acids is 6. The highest BCUT2D eigenvalue weighted by atomic mass is 127. The first-order chi connectivity index (χ1) is 29.0. The maximum absolute atomic E-state index is 13.7. The lowest BCUT2D eigenvalue weighted by Crippen LogP contribution is -2.49. The first-order valence-corrected chi connectivity index (χ1v) is 23.0. The molecule has 346 valence electrons. The minimum absolute atomic E-state index is 0.0668. The van der Waals surface area contributed by atoms with E-state index in [1.807, 2.05) is 67.8 Å². The molecule has 2 aromatic carbocycles. The Morgan fingerprint density at radius 2 is 0.774 bits per heavy atom. The fourth-order valence-electron chi connectivity index (χ4n) is 5.88. The fourth-order valence-corrected chi connectivity index (χ4v) is 11.7. The van der Waals surface area contributed by atoms with E-state index in [0.29, 0.717) is 0 Å². The molecule has 62 heavy (non-hydrogen) atoms. The summed E-state index contributed by atoms with van der Waals surface area (Å²) >= 11 is 7.28. The minimum atomic E-state index is -1.31. The fraction of sp³-hybridized carbons (Fsp3) is 0.514. The molecule has 25 heteroatoms. The lowest BCUT2D eigenvalue weighted by atomic mass is 9.98. The molecular formula is C37H51I4N7O14. The van der Waals surface area contributed by atoms with Crippen molar-refractivity contribution >= 4 is 137 Å². The molecule has 0 heterocycles. The molecule has 0 aliphatic rings. The van der Waals surface area contributed by atoms with E-state index in [0.717, 1.165) is 0 Å². The summed E-state index contributed by atoms with van der Waals surface area (Å²) in [6.07, 6.45) is -5.25. The van der Waals surface area contributed by atoms with Crippen molar-refractivity contribution in [2.24, 2.45) is 5.73 Å². The van der Waals surface area contributed by atoms with Crippen LogP contribution in [-0.2, 0) is 9.59 Å². The Morgan fingerprint density at radius 3 is 1.08 bits per heavy atom. The Balaban J connectivity index is 2.84. The number of halogens is 4. The molecule has 0 fully saturated rings. The van der Waals surface area contributed by atoms with Gasteiger partial charge in [-0.2, -0.15) is 0 Å². The van der Waals surface area contributed by atoms with Crippen molar-refractivity contribution in [2.45, 2.75) is 58.2 Å². The summed E-state index contributed by atoms with van der Waals surface area (Å²) in [6.45, 7) is 0.643. The zero-order valence-corrected chi connectivity index (χ0v) is 42.6. The van der Waals surface area contributed by atoms with Crippen LogP contribution >= 0.6 is 90.4 Å². The molecule has 0 saturated heterocycles. The second kappa shape index (κ2) is 26.1. The molecule has 5 atom stereocenters. The van der Waals surface area contributed by atoms with E-state index in [-0.39, 0.29) is 98.3 Å². The molecule has 2 aromatic rings. The Labute approximate surface area is 411 Å². The highest BCUT2D eigenvalue weighted by molar-refractivity contribution is 14.1. The van der Waals surface area contributed by atoms with Crippen LogP contribution in [0.4, 0.5) is 11.4 Å². The van der Waals surface area contributed by atoms with Gasteiger partial charge in [0.1, 0.15) is 0 Å². The molecule has 5 unspecified atom stereocenters. The number of aliphatic hydroxyl groups is 8. The number of nitrogens with one attached hydrogen (secondary N) is 4. The van der Waals surface area contributed by atoms with E-state index in [2.05, 4.69) is 21.3 Å². The number of nitrogens with two attached hydrogens (primary N) is 1. The Bertz CT molecular complexity index is 1750. The van der Waals surface area contributed by atoms with Crippen LogP contribution in [-0.4, -0.2) is 172 Å². The number of hydrogen-bond donors (Lipinski definition) is 13. The Kier molecular flexibility index (Phi) is 23.5. The van der Waals surface area contributed by atoms with Gasteiger partial charge in [-0.25, -0.2) is 0 Å². The van der Waals surface area contributed by atoms with Crippen molar-refractivity contribution in [3.05, 3.63) is 47.7 Å². The Morgan fingerprint density at radius 1 is 0.500 bits per heavy atom. The summed E-state index contributed by atoms with van der Waals surface area (Å²) in [4.78, 5) is 84.3. The molecule has 0 aliphatic carbocycles. The second-order valence-corrected chi connectivity index (χ2v) is 18.2. The van der Waals surface area contributed by atoms with Gasteiger partial charge in [-0.15, -0.1) is 0 Å². The first-order valence-electron chi connectivity index (χ1n) is 18.6. The lowest BCUT2D eigenvalue weighted by molar-refractivity contribution is -0.117. The Hall–Kier alpha value is -2.18. The number of benzene rings is 2. The van der Waals surface area contributed by atoms with Crippen LogP contribution in [0.5, 0.6) is 0 Å². The zero-order valence-electron chi connectivity index (χ0n) is 34.0. The number of nitrogens with zero attached hydrogens (tertiary/aromatic N) is 2. The van der Waals surface area contributed by atoms with Gasteiger partial charge in [-0.1, -0.05) is 0 Å². The molecule has 14 N–H and O–H groups in total. The third-order valence-electron chi connectivity index (χ3n) is 9.08. The van der Waals surface area contributed by atoms with Gasteiger partial charge < -0.3 is 77.7 Å². The van der Waals surface area contributed by atoms with Crippen LogP contribution in [0.25, 0.3) is 0 Å². The predicted octanol–water partition coefficient (Wildman–Crippen LogP) is -2.21. The van der Waals surface area contributed by atoms with Crippen LogP contribution < -0.4 is 36.8 Å². The van der Waals surface area contributed by atoms with Crippen molar-refractivity contribution in [1.82, 2.24) is 21.3 Å². The average molecular weight is 1330 g/mol. The highest BCUT2D eigenvalue weighted by Gasteiger charge is 2.34. The highest BCUT2D eigenvalue weighted by Crippen LogP contribution is 2.39. The van der Waals surface area contributed by atoms with Gasteiger partial charge in [0.2, 0.25) is 11.8 Å². The maximum atomic E-state index is 13.7. The van der Waals surface area contributed by atoms with Gasteiger partial charge >= 0.3 is 0 Å². The average Bonchev–Trinajstić information content (AvgIpc) is 3.21. The van der Waals surface area contributed by atoms with E-state index in [9.17, 15) is 69.6 Å². The van der Waals surface area contributed by atoms with Crippen molar-refractivity contribution in [3.8, 4) is 0 Å². The van der Waals surface area contributed by atoms with Crippen molar-refractivity contribution < 1.29 is 69.6 Å². The summed E-state index contributed by atoms with van der Waals surface area (Å²) in [6, 6.07) is -1.12. The number of hydrogen-bond acceptors (Lipinski definition) is 15. The second-order valence-electron chi connectivity index (χ2n) is 13.9. The van der Waals surface area contributed by atoms with Crippen LogP contribution in [0.1, 0.15) is 66.4 Å². The monoisotopic (exact) mass is 1320 g/mol. The van der Waals surface area contributed by atoms with Gasteiger partial charge in [0, 0.05) is 62.7 Å². The zero-order chi connectivity index (χ0) is 47.3. The molecule has 0 aliphatic heterocycles. The quantitative estimate of drug-likeness (QED) is 0.0556. The minimum Gasteiger partial charge on any atom is -0.394 e. The summed E-state index contributed by atoms with van der Waals surface area (Å²) in [5.74, 6) is -4.28. The SMILES string of the molecule is CC(=O)N(CC(N)CN(C(C)=O)c1c(I)c(C(=O)NCC(O)CO)c(C)c(C(=O)NCC(O)CO)c1I)c1c(C)c(C(=O)NCC(O)CO)c(I)c(C(=O)NCC(O)CO)c1I. The van der Waals surface area contributed by atoms with E-state index >= 15 is 0 Å². The standard InChI is InChI=1S/C37H51I4N7O14/c1-15-24(34(59)43-5-20(55)11-49)29(39)33(30(40)25(15)35(60)44-6-21(56)12-50)48(18(4)54)10-19(42)9-47(17(3)53)32-16(2)26(36(61)45-7-22(57)13-51)28(38)27(31(32)41)37(62)46-8-23(58)14-52/h19-23,49-52,55-58H,5-14,42H2,1-4H3,(H,43,59)(H,44,60)(H,45,61)(H,46,62). The van der Waals surface area contributed by atoms with Gasteiger partial charge in [-0.3, -0.25) is 28.8 Å². The summed E-state index contributed by atoms with van der Waals surface area (Å²) in [7, 11) is 0. The number of anilines is 2. The van der Waals surface area contributed by atoms with Gasteiger partial charge in [-0.05, 0) is 115 Å². The molecule has 0 aromatic heterocycles.